The van der Waals surface area contributed by atoms with Crippen molar-refractivity contribution in [3.05, 3.63) is 29.3 Å². The van der Waals surface area contributed by atoms with E-state index in [2.05, 4.69) is 11.1 Å². The van der Waals surface area contributed by atoms with Gasteiger partial charge >= 0.3 is 5.97 Å². The van der Waals surface area contributed by atoms with Crippen molar-refractivity contribution in [1.29, 1.82) is 0 Å². The summed E-state index contributed by atoms with van der Waals surface area (Å²) < 4.78 is 6.32. The van der Waals surface area contributed by atoms with Crippen LogP contribution < -0.4 is 0 Å². The topological polar surface area (TPSA) is 79.7 Å². The van der Waals surface area contributed by atoms with Gasteiger partial charge in [0, 0.05) is 13.0 Å². The number of ether oxygens (including phenoxy) is 1. The predicted molar refractivity (Wildman–Crippen MR) is 91.1 cm³/mol. The van der Waals surface area contributed by atoms with E-state index < -0.39 is 12.1 Å². The molecule has 7 heteroatoms. The first-order chi connectivity index (χ1) is 11.6. The Hall–Kier alpha value is -1.99. The van der Waals surface area contributed by atoms with Gasteiger partial charge in [0.15, 0.2) is 6.10 Å². The number of benzene rings is 1. The molecule has 1 atom stereocenters. The molecular formula is C17H20N2O4S. The number of carbonyl (C=O) groups excluding carboxylic acids is 1. The number of carboxylic acids is 1. The van der Waals surface area contributed by atoms with Crippen molar-refractivity contribution < 1.29 is 19.4 Å². The van der Waals surface area contributed by atoms with Crippen molar-refractivity contribution in [1.82, 2.24) is 9.88 Å². The summed E-state index contributed by atoms with van der Waals surface area (Å²) in [5.74, 6) is -1.00. The lowest BCUT2D eigenvalue weighted by atomic mass is 10.1. The van der Waals surface area contributed by atoms with Crippen LogP contribution in [0, 0.1) is 0 Å². The lowest BCUT2D eigenvalue weighted by Gasteiger charge is -2.30. The van der Waals surface area contributed by atoms with E-state index in [1.165, 1.54) is 4.70 Å². The number of aryl methyl sites for hydroxylation is 1. The Kier molecular flexibility index (Phi) is 5.42. The first-order valence-corrected chi connectivity index (χ1v) is 8.92. The molecule has 0 saturated carbocycles. The minimum Gasteiger partial charge on any atom is -0.479 e. The zero-order valence-electron chi connectivity index (χ0n) is 13.3. The van der Waals surface area contributed by atoms with Gasteiger partial charge in [-0.2, -0.15) is 0 Å². The largest absolute Gasteiger partial charge is 0.479 e. The summed E-state index contributed by atoms with van der Waals surface area (Å²) in [6.45, 7) is 0.904. The van der Waals surface area contributed by atoms with Crippen LogP contribution in [0.3, 0.4) is 0 Å². The van der Waals surface area contributed by atoms with Crippen LogP contribution >= 0.6 is 11.3 Å². The van der Waals surface area contributed by atoms with Crippen LogP contribution in [-0.4, -0.2) is 52.7 Å². The first-order valence-electron chi connectivity index (χ1n) is 8.10. The number of morpholine rings is 1. The van der Waals surface area contributed by atoms with Gasteiger partial charge in [0.05, 0.1) is 28.4 Å². The number of aromatic nitrogens is 1. The molecule has 2 heterocycles. The molecule has 1 N–H and O–H groups in total. The minimum atomic E-state index is -1.01. The molecule has 1 amide bonds. The fourth-order valence-electron chi connectivity index (χ4n) is 2.76. The van der Waals surface area contributed by atoms with E-state index in [1.54, 1.807) is 16.2 Å². The number of amides is 1. The highest BCUT2D eigenvalue weighted by atomic mass is 32.1. The number of fused-ring (bicyclic) bond motifs is 1. The first kappa shape index (κ1) is 16.9. The van der Waals surface area contributed by atoms with Gasteiger partial charge in [-0.25, -0.2) is 9.78 Å². The lowest BCUT2D eigenvalue weighted by Crippen LogP contribution is -2.48. The molecule has 3 rings (SSSR count). The molecule has 1 aliphatic heterocycles. The Morgan fingerprint density at radius 2 is 2.17 bits per heavy atom. The fourth-order valence-corrected chi connectivity index (χ4v) is 3.77. The Bertz CT molecular complexity index is 697. The summed E-state index contributed by atoms with van der Waals surface area (Å²) in [7, 11) is 0. The predicted octanol–water partition coefficient (Wildman–Crippen LogP) is 2.32. The van der Waals surface area contributed by atoms with E-state index in [9.17, 15) is 9.59 Å². The summed E-state index contributed by atoms with van der Waals surface area (Å²) in [5.41, 5.74) is 1.03. The van der Waals surface area contributed by atoms with Crippen molar-refractivity contribution in [2.75, 3.05) is 19.7 Å². The Morgan fingerprint density at radius 3 is 2.96 bits per heavy atom. The number of rotatable bonds is 6. The monoisotopic (exact) mass is 348 g/mol. The molecule has 1 fully saturated rings. The maximum atomic E-state index is 12.2. The number of hydrogen-bond acceptors (Lipinski definition) is 5. The van der Waals surface area contributed by atoms with E-state index in [0.717, 1.165) is 29.8 Å². The molecule has 1 aliphatic rings. The third-order valence-corrected chi connectivity index (χ3v) is 5.16. The second-order valence-electron chi connectivity index (χ2n) is 5.82. The minimum absolute atomic E-state index is 0.00819. The van der Waals surface area contributed by atoms with Crippen LogP contribution in [0.5, 0.6) is 0 Å². The zero-order valence-corrected chi connectivity index (χ0v) is 14.1. The zero-order chi connectivity index (χ0) is 16.9. The highest BCUT2D eigenvalue weighted by Crippen LogP contribution is 2.23. The third-order valence-electron chi connectivity index (χ3n) is 4.06. The number of para-hydroxylation sites is 1. The molecular weight excluding hydrogens is 328 g/mol. The second-order valence-corrected chi connectivity index (χ2v) is 6.94. The van der Waals surface area contributed by atoms with Crippen molar-refractivity contribution in [3.63, 3.8) is 0 Å². The standard InChI is InChI=1S/C17H20N2O4S/c20-16(19-9-10-23-13(11-19)17(21)22)8-4-3-7-15-18-12-5-1-2-6-14(12)24-15/h1-2,5-6,13H,3-4,7-11H2,(H,21,22)/t13-/m0/s1. The van der Waals surface area contributed by atoms with Crippen LogP contribution in [0.4, 0.5) is 0 Å². The fraction of sp³-hybridized carbons (Fsp3) is 0.471. The molecule has 0 spiro atoms. The van der Waals surface area contributed by atoms with Crippen LogP contribution in [0.15, 0.2) is 24.3 Å². The van der Waals surface area contributed by atoms with Gasteiger partial charge < -0.3 is 14.7 Å². The summed E-state index contributed by atoms with van der Waals surface area (Å²) in [6, 6.07) is 8.07. The smallest absolute Gasteiger partial charge is 0.334 e. The second kappa shape index (κ2) is 7.72. The Morgan fingerprint density at radius 1 is 1.33 bits per heavy atom. The van der Waals surface area contributed by atoms with Gasteiger partial charge in [-0.3, -0.25) is 4.79 Å². The number of carbonyl (C=O) groups is 2. The van der Waals surface area contributed by atoms with Crippen molar-refractivity contribution in [3.8, 4) is 0 Å². The Balaban J connectivity index is 1.42. The third kappa shape index (κ3) is 4.10. The van der Waals surface area contributed by atoms with Gasteiger partial charge in [0.1, 0.15) is 0 Å². The molecule has 0 aliphatic carbocycles. The average Bonchev–Trinajstić information content (AvgIpc) is 3.01. The van der Waals surface area contributed by atoms with Gasteiger partial charge in [-0.1, -0.05) is 12.1 Å². The molecule has 0 bridgehead atoms. The Labute approximate surface area is 144 Å². The summed E-state index contributed by atoms with van der Waals surface area (Å²) in [6.07, 6.45) is 2.10. The van der Waals surface area contributed by atoms with Gasteiger partial charge in [0.2, 0.25) is 5.91 Å². The van der Waals surface area contributed by atoms with E-state index in [1.807, 2.05) is 18.2 Å². The van der Waals surface area contributed by atoms with Gasteiger partial charge in [-0.05, 0) is 31.4 Å². The van der Waals surface area contributed by atoms with Crippen LogP contribution in [0.1, 0.15) is 24.3 Å². The number of nitrogens with zero attached hydrogens (tertiary/aromatic N) is 2. The van der Waals surface area contributed by atoms with Crippen molar-refractivity contribution >= 4 is 33.4 Å². The van der Waals surface area contributed by atoms with Crippen LogP contribution in [0.25, 0.3) is 10.2 Å². The van der Waals surface area contributed by atoms with Crippen LogP contribution in [-0.2, 0) is 20.7 Å². The molecule has 1 aromatic carbocycles. The molecule has 2 aromatic rings. The maximum Gasteiger partial charge on any atom is 0.334 e. The van der Waals surface area contributed by atoms with Crippen molar-refractivity contribution in [2.45, 2.75) is 31.8 Å². The van der Waals surface area contributed by atoms with Gasteiger partial charge in [0.25, 0.3) is 0 Å². The number of hydrogen-bond donors (Lipinski definition) is 1. The number of aliphatic carboxylic acids is 1. The van der Waals surface area contributed by atoms with Crippen LogP contribution in [0.2, 0.25) is 0 Å². The lowest BCUT2D eigenvalue weighted by molar-refractivity contribution is -0.159. The summed E-state index contributed by atoms with van der Waals surface area (Å²) in [4.78, 5) is 29.3. The van der Waals surface area contributed by atoms with Gasteiger partial charge in [-0.15, -0.1) is 11.3 Å². The molecule has 1 aromatic heterocycles. The normalized spacial score (nSPS) is 18.0. The average molecular weight is 348 g/mol. The highest BCUT2D eigenvalue weighted by Gasteiger charge is 2.28. The molecule has 1 saturated heterocycles. The van der Waals surface area contributed by atoms with E-state index in [-0.39, 0.29) is 19.1 Å². The molecule has 0 unspecified atom stereocenters. The quantitative estimate of drug-likeness (QED) is 0.811. The number of carboxylic acid groups (broad SMARTS) is 1. The van der Waals surface area contributed by atoms with Crippen molar-refractivity contribution in [2.24, 2.45) is 0 Å². The summed E-state index contributed by atoms with van der Waals surface area (Å²) >= 11 is 1.70. The number of unbranched alkanes of at least 4 members (excludes halogenated alkanes) is 1. The molecule has 24 heavy (non-hydrogen) atoms. The number of thiazole rings is 1. The van der Waals surface area contributed by atoms with E-state index >= 15 is 0 Å². The summed E-state index contributed by atoms with van der Waals surface area (Å²) in [5, 5.41) is 10.1. The molecule has 6 nitrogen and oxygen atoms in total. The highest BCUT2D eigenvalue weighted by molar-refractivity contribution is 7.18. The SMILES string of the molecule is O=C(O)[C@@H]1CN(C(=O)CCCCc2nc3ccccc3s2)CCO1. The molecule has 128 valence electrons. The van der Waals surface area contributed by atoms with E-state index in [0.29, 0.717) is 13.0 Å². The molecule has 0 radical (unpaired) electrons. The van der Waals surface area contributed by atoms with E-state index in [4.69, 9.17) is 9.84 Å². The maximum absolute atomic E-state index is 12.2.